The lowest BCUT2D eigenvalue weighted by Crippen LogP contribution is -2.44. The lowest BCUT2D eigenvalue weighted by Gasteiger charge is -2.31. The number of ether oxygens (including phenoxy) is 2. The van der Waals surface area contributed by atoms with Crippen molar-refractivity contribution in [1.82, 2.24) is 4.31 Å². The molecule has 9 heteroatoms. The highest BCUT2D eigenvalue weighted by Gasteiger charge is 2.33. The Labute approximate surface area is 182 Å². The number of anilines is 1. The molecule has 0 aromatic heterocycles. The summed E-state index contributed by atoms with van der Waals surface area (Å²) in [4.78, 5) is 12.9. The maximum absolute atomic E-state index is 12.9. The van der Waals surface area contributed by atoms with Gasteiger partial charge in [0.1, 0.15) is 11.5 Å². The van der Waals surface area contributed by atoms with Crippen molar-refractivity contribution in [2.24, 2.45) is 5.92 Å². The van der Waals surface area contributed by atoms with E-state index in [0.29, 0.717) is 47.2 Å². The molecule has 162 valence electrons. The van der Waals surface area contributed by atoms with E-state index in [-0.39, 0.29) is 18.2 Å². The number of nitrogens with zero attached hydrogens (tertiary/aromatic N) is 1. The van der Waals surface area contributed by atoms with Crippen molar-refractivity contribution in [2.75, 3.05) is 32.6 Å². The van der Waals surface area contributed by atoms with E-state index in [1.807, 2.05) is 0 Å². The fourth-order valence-corrected chi connectivity index (χ4v) is 5.38. The van der Waals surface area contributed by atoms with Crippen molar-refractivity contribution >= 4 is 33.2 Å². The van der Waals surface area contributed by atoms with Gasteiger partial charge >= 0.3 is 0 Å². The summed E-state index contributed by atoms with van der Waals surface area (Å²) < 4.78 is 37.7. The third-order valence-electron chi connectivity index (χ3n) is 5.11. The van der Waals surface area contributed by atoms with Gasteiger partial charge in [0.05, 0.1) is 31.6 Å². The Morgan fingerprint density at radius 2 is 1.97 bits per heavy atom. The van der Waals surface area contributed by atoms with Crippen molar-refractivity contribution in [2.45, 2.75) is 18.6 Å². The first-order chi connectivity index (χ1) is 14.3. The van der Waals surface area contributed by atoms with Crippen LogP contribution in [0.5, 0.6) is 11.5 Å². The lowest BCUT2D eigenvalue weighted by atomic mass is 9.98. The van der Waals surface area contributed by atoms with Crippen molar-refractivity contribution < 1.29 is 22.7 Å². The second-order valence-electron chi connectivity index (χ2n) is 7.10. The summed E-state index contributed by atoms with van der Waals surface area (Å²) in [6.45, 7) is 0.518. The number of hydrogen-bond donors (Lipinski definition) is 1. The third kappa shape index (κ3) is 5.24. The molecule has 0 radical (unpaired) electrons. The number of piperidine rings is 1. The molecule has 1 atom stereocenters. The van der Waals surface area contributed by atoms with Crippen molar-refractivity contribution in [1.29, 1.82) is 0 Å². The largest absolute Gasteiger partial charge is 0.497 e. The van der Waals surface area contributed by atoms with E-state index in [9.17, 15) is 13.2 Å². The number of carbonyl (C=O) groups excluding carboxylic acids is 1. The molecule has 0 bridgehead atoms. The smallest absolute Gasteiger partial charge is 0.228 e. The summed E-state index contributed by atoms with van der Waals surface area (Å²) >= 11 is 6.12. The van der Waals surface area contributed by atoms with Gasteiger partial charge in [-0.1, -0.05) is 29.8 Å². The fraction of sp³-hybridized carbons (Fsp3) is 0.381. The van der Waals surface area contributed by atoms with Gasteiger partial charge < -0.3 is 14.8 Å². The predicted octanol–water partition coefficient (Wildman–Crippen LogP) is 3.54. The van der Waals surface area contributed by atoms with E-state index in [4.69, 9.17) is 21.1 Å². The first-order valence-corrected chi connectivity index (χ1v) is 11.6. The molecule has 1 aliphatic rings. The monoisotopic (exact) mass is 452 g/mol. The van der Waals surface area contributed by atoms with Crippen LogP contribution in [-0.4, -0.2) is 45.9 Å². The molecule has 1 fully saturated rings. The van der Waals surface area contributed by atoms with Gasteiger partial charge in [0.15, 0.2) is 0 Å². The molecule has 1 amide bonds. The van der Waals surface area contributed by atoms with E-state index in [0.717, 1.165) is 0 Å². The van der Waals surface area contributed by atoms with E-state index in [1.165, 1.54) is 18.5 Å². The molecule has 30 heavy (non-hydrogen) atoms. The van der Waals surface area contributed by atoms with Crippen LogP contribution in [0.3, 0.4) is 0 Å². The topological polar surface area (TPSA) is 84.9 Å². The second-order valence-corrected chi connectivity index (χ2v) is 9.48. The van der Waals surface area contributed by atoms with Gasteiger partial charge in [-0.25, -0.2) is 12.7 Å². The van der Waals surface area contributed by atoms with Gasteiger partial charge in [-0.2, -0.15) is 0 Å². The van der Waals surface area contributed by atoms with Crippen LogP contribution in [-0.2, 0) is 20.6 Å². The Morgan fingerprint density at radius 3 is 2.67 bits per heavy atom. The van der Waals surface area contributed by atoms with Gasteiger partial charge in [0, 0.05) is 24.2 Å². The van der Waals surface area contributed by atoms with E-state index in [2.05, 4.69) is 5.32 Å². The molecular formula is C21H25ClN2O5S. The molecule has 1 heterocycles. The molecule has 0 saturated carbocycles. The Hall–Kier alpha value is -2.29. The number of nitrogens with one attached hydrogen (secondary N) is 1. The summed E-state index contributed by atoms with van der Waals surface area (Å²) in [7, 11) is -0.545. The van der Waals surface area contributed by atoms with Gasteiger partial charge in [-0.05, 0) is 36.6 Å². The van der Waals surface area contributed by atoms with E-state index in [1.54, 1.807) is 42.5 Å². The predicted molar refractivity (Wildman–Crippen MR) is 117 cm³/mol. The summed E-state index contributed by atoms with van der Waals surface area (Å²) in [5.41, 5.74) is 1.03. The van der Waals surface area contributed by atoms with E-state index < -0.39 is 15.9 Å². The Bertz CT molecular complexity index is 1010. The zero-order valence-electron chi connectivity index (χ0n) is 16.9. The first-order valence-electron chi connectivity index (χ1n) is 9.58. The van der Waals surface area contributed by atoms with Crippen LogP contribution in [0.1, 0.15) is 18.4 Å². The van der Waals surface area contributed by atoms with Gasteiger partial charge in [-0.15, -0.1) is 0 Å². The van der Waals surface area contributed by atoms with Crippen LogP contribution in [0.15, 0.2) is 42.5 Å². The zero-order chi connectivity index (χ0) is 21.7. The Morgan fingerprint density at radius 1 is 1.20 bits per heavy atom. The van der Waals surface area contributed by atoms with Crippen molar-refractivity contribution in [3.05, 3.63) is 53.1 Å². The molecule has 1 N–H and O–H groups in total. The van der Waals surface area contributed by atoms with Crippen LogP contribution in [0.4, 0.5) is 5.69 Å². The highest BCUT2D eigenvalue weighted by molar-refractivity contribution is 7.88. The minimum atomic E-state index is -3.60. The quantitative estimate of drug-likeness (QED) is 0.694. The first kappa shape index (κ1) is 22.4. The summed E-state index contributed by atoms with van der Waals surface area (Å²) in [5, 5.41) is 3.26. The lowest BCUT2D eigenvalue weighted by molar-refractivity contribution is -0.120. The number of benzene rings is 2. The SMILES string of the molecule is COc1ccc(OC)c(NC(=O)[C@@H]2CCCN(S(=O)(=O)Cc3ccccc3Cl)C2)c1. The molecule has 0 spiro atoms. The van der Waals surface area contributed by atoms with Gasteiger partial charge in [0.2, 0.25) is 15.9 Å². The zero-order valence-corrected chi connectivity index (χ0v) is 18.5. The number of rotatable bonds is 7. The van der Waals surface area contributed by atoms with Crippen LogP contribution in [0.25, 0.3) is 0 Å². The average Bonchev–Trinajstić information content (AvgIpc) is 2.75. The fourth-order valence-electron chi connectivity index (χ4n) is 3.46. The molecule has 0 aliphatic carbocycles. The normalized spacial score (nSPS) is 17.4. The second kappa shape index (κ2) is 9.68. The van der Waals surface area contributed by atoms with Crippen LogP contribution < -0.4 is 14.8 Å². The molecule has 1 aliphatic heterocycles. The molecule has 0 unspecified atom stereocenters. The molecular weight excluding hydrogens is 428 g/mol. The minimum absolute atomic E-state index is 0.130. The number of amides is 1. The molecule has 7 nitrogen and oxygen atoms in total. The molecule has 2 aromatic rings. The number of hydrogen-bond acceptors (Lipinski definition) is 5. The number of sulfonamides is 1. The summed E-state index contributed by atoms with van der Waals surface area (Å²) in [6, 6.07) is 12.0. The number of carbonyl (C=O) groups is 1. The van der Waals surface area contributed by atoms with Crippen molar-refractivity contribution in [3.8, 4) is 11.5 Å². The Kier molecular flexibility index (Phi) is 7.23. The van der Waals surface area contributed by atoms with Crippen LogP contribution >= 0.6 is 11.6 Å². The number of methoxy groups -OCH3 is 2. The minimum Gasteiger partial charge on any atom is -0.497 e. The standard InChI is InChI=1S/C21H25ClN2O5S/c1-28-17-9-10-20(29-2)19(12-17)23-21(25)15-7-5-11-24(13-15)30(26,27)14-16-6-3-4-8-18(16)22/h3-4,6,8-10,12,15H,5,7,11,13-14H2,1-2H3,(H,23,25)/t15-/m1/s1. The summed E-state index contributed by atoms with van der Waals surface area (Å²) in [6.07, 6.45) is 1.21. The molecule has 1 saturated heterocycles. The Balaban J connectivity index is 1.71. The average molecular weight is 453 g/mol. The summed E-state index contributed by atoms with van der Waals surface area (Å²) in [5.74, 6) is 0.182. The molecule has 3 rings (SSSR count). The third-order valence-corrected chi connectivity index (χ3v) is 7.27. The molecule has 2 aromatic carbocycles. The highest BCUT2D eigenvalue weighted by Crippen LogP contribution is 2.30. The van der Waals surface area contributed by atoms with Crippen molar-refractivity contribution in [3.63, 3.8) is 0 Å². The van der Waals surface area contributed by atoms with Crippen LogP contribution in [0.2, 0.25) is 5.02 Å². The number of halogens is 1. The van der Waals surface area contributed by atoms with Gasteiger partial charge in [-0.3, -0.25) is 4.79 Å². The van der Waals surface area contributed by atoms with Gasteiger partial charge in [0.25, 0.3) is 0 Å². The highest BCUT2D eigenvalue weighted by atomic mass is 35.5. The maximum Gasteiger partial charge on any atom is 0.228 e. The van der Waals surface area contributed by atoms with E-state index >= 15 is 0 Å². The van der Waals surface area contributed by atoms with Crippen LogP contribution in [0, 0.1) is 5.92 Å². The maximum atomic E-state index is 12.9.